The van der Waals surface area contributed by atoms with Crippen LogP contribution in [0.3, 0.4) is 0 Å². The molecule has 0 aliphatic carbocycles. The minimum Gasteiger partial charge on any atom is -0.494 e. The molecule has 6 nitrogen and oxygen atoms in total. The fourth-order valence-electron chi connectivity index (χ4n) is 5.07. The van der Waals surface area contributed by atoms with E-state index in [1.165, 1.54) is 16.7 Å². The van der Waals surface area contributed by atoms with E-state index in [-0.39, 0.29) is 12.2 Å². The molecule has 2 N–H and O–H groups in total. The number of likely N-dealkylation sites (tertiary alicyclic amines) is 2. The lowest BCUT2D eigenvalue weighted by Gasteiger charge is -2.17. The molecule has 6 heteroatoms. The van der Waals surface area contributed by atoms with E-state index in [9.17, 15) is 10.2 Å². The Labute approximate surface area is 204 Å². The van der Waals surface area contributed by atoms with E-state index in [1.807, 2.05) is 6.07 Å². The molecule has 0 spiro atoms. The Hall–Kier alpha value is -2.12. The highest BCUT2D eigenvalue weighted by molar-refractivity contribution is 5.73. The Morgan fingerprint density at radius 3 is 2.06 bits per heavy atom. The molecular weight excluding hydrogens is 428 g/mol. The summed E-state index contributed by atoms with van der Waals surface area (Å²) < 4.78 is 12.1. The van der Waals surface area contributed by atoms with E-state index in [4.69, 9.17) is 9.47 Å². The van der Waals surface area contributed by atoms with Gasteiger partial charge in [-0.05, 0) is 80.0 Å². The van der Waals surface area contributed by atoms with Crippen LogP contribution in [-0.4, -0.2) is 84.7 Å². The van der Waals surface area contributed by atoms with Crippen molar-refractivity contribution in [2.75, 3.05) is 52.5 Å². The molecule has 0 saturated carbocycles. The smallest absolute Gasteiger partial charge is 0.122 e. The summed E-state index contributed by atoms with van der Waals surface area (Å²) in [6.45, 7) is 11.1. The molecular formula is C28H40N2O4. The lowest BCUT2D eigenvalue weighted by Crippen LogP contribution is -2.24. The van der Waals surface area contributed by atoms with Crippen LogP contribution in [0.15, 0.2) is 36.4 Å². The molecule has 2 saturated heterocycles. The van der Waals surface area contributed by atoms with Crippen LogP contribution in [-0.2, 0) is 0 Å². The minimum atomic E-state index is -0.162. The molecule has 2 aromatic carbocycles. The fourth-order valence-corrected chi connectivity index (χ4v) is 5.07. The highest BCUT2D eigenvalue weighted by atomic mass is 16.5. The van der Waals surface area contributed by atoms with Gasteiger partial charge in [0.1, 0.15) is 11.5 Å². The van der Waals surface area contributed by atoms with Crippen LogP contribution in [0.25, 0.3) is 11.1 Å². The predicted molar refractivity (Wildman–Crippen MR) is 136 cm³/mol. The van der Waals surface area contributed by atoms with Crippen molar-refractivity contribution in [1.29, 1.82) is 0 Å². The van der Waals surface area contributed by atoms with Gasteiger partial charge in [-0.1, -0.05) is 18.2 Å². The molecule has 2 aromatic rings. The number of aliphatic hydroxyl groups excluding tert-OH is 2. The van der Waals surface area contributed by atoms with Gasteiger partial charge in [0.05, 0.1) is 25.4 Å². The third-order valence-electron chi connectivity index (χ3n) is 7.03. The van der Waals surface area contributed by atoms with E-state index in [2.05, 4.69) is 54.0 Å². The first-order valence-electron chi connectivity index (χ1n) is 12.8. The standard InChI is InChI=1S/C28H40N2O4/c1-21-18-25(33-16-4-12-29-14-10-23(31)19-29)8-9-26(21)27-6-3-7-28(22(27)2)34-17-5-13-30-15-11-24(32)20-30/h3,6-9,18,23-24,31-32H,4-5,10-17,19-20H2,1-2H3. The molecule has 4 rings (SSSR count). The normalized spacial score (nSPS) is 21.3. The second kappa shape index (κ2) is 12.0. The van der Waals surface area contributed by atoms with Crippen molar-refractivity contribution in [3.63, 3.8) is 0 Å². The molecule has 0 amide bonds. The monoisotopic (exact) mass is 468 g/mol. The van der Waals surface area contributed by atoms with Gasteiger partial charge < -0.3 is 29.5 Å². The number of aryl methyl sites for hydroxylation is 1. The molecule has 2 aliphatic heterocycles. The average molecular weight is 469 g/mol. The molecule has 2 aliphatic rings. The summed E-state index contributed by atoms with van der Waals surface area (Å²) in [7, 11) is 0. The highest BCUT2D eigenvalue weighted by Gasteiger charge is 2.20. The van der Waals surface area contributed by atoms with Crippen molar-refractivity contribution in [3.8, 4) is 22.6 Å². The molecule has 34 heavy (non-hydrogen) atoms. The third kappa shape index (κ3) is 6.72. The van der Waals surface area contributed by atoms with Crippen LogP contribution in [0.5, 0.6) is 11.5 Å². The van der Waals surface area contributed by atoms with Crippen molar-refractivity contribution in [1.82, 2.24) is 9.80 Å². The second-order valence-electron chi connectivity index (χ2n) is 9.80. The van der Waals surface area contributed by atoms with Gasteiger partial charge in [-0.3, -0.25) is 0 Å². The molecule has 2 heterocycles. The van der Waals surface area contributed by atoms with Gasteiger partial charge >= 0.3 is 0 Å². The zero-order valence-corrected chi connectivity index (χ0v) is 20.7. The molecule has 2 unspecified atom stereocenters. The Kier molecular flexibility index (Phi) is 8.84. The number of rotatable bonds is 11. The second-order valence-corrected chi connectivity index (χ2v) is 9.80. The number of β-amino-alcohol motifs (C(OH)–C–C–N with tert-alkyl or cyclic N) is 2. The molecule has 186 valence electrons. The maximum atomic E-state index is 9.66. The zero-order chi connectivity index (χ0) is 23.9. The summed E-state index contributed by atoms with van der Waals surface area (Å²) in [6.07, 6.45) is 3.37. The fraction of sp³-hybridized carbons (Fsp3) is 0.571. The average Bonchev–Trinajstić information content (AvgIpc) is 3.43. The Morgan fingerprint density at radius 1 is 0.824 bits per heavy atom. The first-order chi connectivity index (χ1) is 16.5. The maximum Gasteiger partial charge on any atom is 0.122 e. The minimum absolute atomic E-state index is 0.159. The van der Waals surface area contributed by atoms with Crippen molar-refractivity contribution in [3.05, 3.63) is 47.5 Å². The van der Waals surface area contributed by atoms with Crippen LogP contribution in [0.2, 0.25) is 0 Å². The zero-order valence-electron chi connectivity index (χ0n) is 20.7. The SMILES string of the molecule is Cc1cc(OCCCN2CCC(O)C2)ccc1-c1cccc(OCCCN2CCC(O)C2)c1C. The summed E-state index contributed by atoms with van der Waals surface area (Å²) in [5.74, 6) is 1.84. The van der Waals surface area contributed by atoms with Crippen LogP contribution >= 0.6 is 0 Å². The number of benzene rings is 2. The molecule has 0 bridgehead atoms. The number of nitrogens with zero attached hydrogens (tertiary/aromatic N) is 2. The number of aliphatic hydroxyl groups is 2. The van der Waals surface area contributed by atoms with Gasteiger partial charge in [0, 0.05) is 39.3 Å². The Bertz CT molecular complexity index is 935. The van der Waals surface area contributed by atoms with Crippen LogP contribution < -0.4 is 9.47 Å². The maximum absolute atomic E-state index is 9.66. The Balaban J connectivity index is 1.28. The summed E-state index contributed by atoms with van der Waals surface area (Å²) in [5, 5.41) is 19.3. The van der Waals surface area contributed by atoms with Crippen molar-refractivity contribution < 1.29 is 19.7 Å². The molecule has 0 aromatic heterocycles. The van der Waals surface area contributed by atoms with Crippen molar-refractivity contribution in [2.24, 2.45) is 0 Å². The van der Waals surface area contributed by atoms with E-state index in [0.29, 0.717) is 13.2 Å². The lowest BCUT2D eigenvalue weighted by molar-refractivity contribution is 0.172. The molecule has 2 fully saturated rings. The Morgan fingerprint density at radius 2 is 1.47 bits per heavy atom. The summed E-state index contributed by atoms with van der Waals surface area (Å²) in [4.78, 5) is 4.61. The van der Waals surface area contributed by atoms with E-state index >= 15 is 0 Å². The molecule has 2 atom stereocenters. The topological polar surface area (TPSA) is 65.4 Å². The summed E-state index contributed by atoms with van der Waals surface area (Å²) in [6, 6.07) is 12.6. The number of ether oxygens (including phenoxy) is 2. The predicted octanol–water partition coefficient (Wildman–Crippen LogP) is 3.64. The van der Waals surface area contributed by atoms with Gasteiger partial charge in [0.25, 0.3) is 0 Å². The van der Waals surface area contributed by atoms with Crippen molar-refractivity contribution in [2.45, 2.75) is 51.7 Å². The largest absolute Gasteiger partial charge is 0.494 e. The summed E-state index contributed by atoms with van der Waals surface area (Å²) in [5.41, 5.74) is 4.74. The van der Waals surface area contributed by atoms with E-state index in [1.54, 1.807) is 0 Å². The third-order valence-corrected chi connectivity index (χ3v) is 7.03. The number of hydrogen-bond acceptors (Lipinski definition) is 6. The van der Waals surface area contributed by atoms with Crippen LogP contribution in [0, 0.1) is 13.8 Å². The van der Waals surface area contributed by atoms with E-state index < -0.39 is 0 Å². The lowest BCUT2D eigenvalue weighted by atomic mass is 9.96. The quantitative estimate of drug-likeness (QED) is 0.491. The van der Waals surface area contributed by atoms with Crippen molar-refractivity contribution >= 4 is 0 Å². The van der Waals surface area contributed by atoms with E-state index in [0.717, 1.165) is 82.0 Å². The first kappa shape index (κ1) is 25.0. The van der Waals surface area contributed by atoms with Gasteiger partial charge in [-0.2, -0.15) is 0 Å². The highest BCUT2D eigenvalue weighted by Crippen LogP contribution is 2.33. The van der Waals surface area contributed by atoms with Gasteiger partial charge in [-0.15, -0.1) is 0 Å². The van der Waals surface area contributed by atoms with Gasteiger partial charge in [-0.25, -0.2) is 0 Å². The first-order valence-corrected chi connectivity index (χ1v) is 12.8. The molecule has 0 radical (unpaired) electrons. The van der Waals surface area contributed by atoms with Gasteiger partial charge in [0.15, 0.2) is 0 Å². The van der Waals surface area contributed by atoms with Crippen LogP contribution in [0.4, 0.5) is 0 Å². The van der Waals surface area contributed by atoms with Gasteiger partial charge in [0.2, 0.25) is 0 Å². The van der Waals surface area contributed by atoms with Crippen LogP contribution in [0.1, 0.15) is 36.8 Å². The number of hydrogen-bond donors (Lipinski definition) is 2. The summed E-state index contributed by atoms with van der Waals surface area (Å²) >= 11 is 0.